The molecule has 0 saturated heterocycles. The van der Waals surface area contributed by atoms with Gasteiger partial charge in [0.1, 0.15) is 22.8 Å². The molecule has 4 atom stereocenters. The van der Waals surface area contributed by atoms with Crippen molar-refractivity contribution in [1.29, 1.82) is 0 Å². The van der Waals surface area contributed by atoms with Gasteiger partial charge in [-0.15, -0.1) is 0 Å². The van der Waals surface area contributed by atoms with E-state index in [1.54, 1.807) is 13.8 Å². The number of hydrogen-bond donors (Lipinski definition) is 6. The highest BCUT2D eigenvalue weighted by atomic mass is 16.3. The van der Waals surface area contributed by atoms with Crippen LogP contribution in [-0.2, 0) is 27.3 Å². The molecule has 0 radical (unpaired) electrons. The third-order valence-electron chi connectivity index (χ3n) is 8.89. The van der Waals surface area contributed by atoms with Crippen LogP contribution in [0.3, 0.4) is 0 Å². The summed E-state index contributed by atoms with van der Waals surface area (Å²) >= 11 is 0. The number of phenolic OH excluding ortho intramolecular Hbond substituents is 1. The van der Waals surface area contributed by atoms with Crippen LogP contribution in [0.5, 0.6) is 5.75 Å². The van der Waals surface area contributed by atoms with Gasteiger partial charge < -0.3 is 31.5 Å². The van der Waals surface area contributed by atoms with E-state index in [0.29, 0.717) is 19.0 Å². The molecule has 7 N–H and O–H groups in total. The summed E-state index contributed by atoms with van der Waals surface area (Å²) in [5.74, 6) is -7.41. The number of nitrogens with one attached hydrogen (secondary N) is 1. The minimum atomic E-state index is -2.58. The van der Waals surface area contributed by atoms with Gasteiger partial charge in [-0.25, -0.2) is 0 Å². The second-order valence-corrected chi connectivity index (χ2v) is 11.3. The molecule has 0 unspecified atom stereocenters. The van der Waals surface area contributed by atoms with E-state index in [-0.39, 0.29) is 29.2 Å². The number of rotatable bonds is 5. The number of fused-ring (bicyclic) bond motifs is 3. The SMILES string of the molecule is CC(C)[C@@H]1C(=O)C(C(N)=O)=C(O)[C@@]2(O)C(=O)C3=C(O)c4c(O)ccc(CNC5CCCC5)c4C[C@H]3C[C@@H]12. The zero-order chi connectivity index (χ0) is 26.8. The second kappa shape index (κ2) is 8.99. The first-order valence-electron chi connectivity index (χ1n) is 13.0. The maximum absolute atomic E-state index is 13.9. The number of phenols is 1. The smallest absolute Gasteiger partial charge is 0.255 e. The number of primary amides is 1. The number of aromatic hydroxyl groups is 1. The number of amides is 1. The maximum Gasteiger partial charge on any atom is 0.255 e. The van der Waals surface area contributed by atoms with E-state index in [9.17, 15) is 34.8 Å². The van der Waals surface area contributed by atoms with Crippen molar-refractivity contribution in [1.82, 2.24) is 5.32 Å². The third kappa shape index (κ3) is 3.70. The third-order valence-corrected chi connectivity index (χ3v) is 8.89. The van der Waals surface area contributed by atoms with Crippen molar-refractivity contribution in [3.05, 3.63) is 45.7 Å². The average molecular weight is 511 g/mol. The molecule has 0 heterocycles. The average Bonchev–Trinajstić information content (AvgIpc) is 3.34. The Bertz CT molecular complexity index is 1260. The molecule has 1 amide bonds. The summed E-state index contributed by atoms with van der Waals surface area (Å²) in [7, 11) is 0. The van der Waals surface area contributed by atoms with Crippen LogP contribution in [-0.4, -0.2) is 49.5 Å². The van der Waals surface area contributed by atoms with E-state index in [2.05, 4.69) is 5.32 Å². The zero-order valence-corrected chi connectivity index (χ0v) is 21.1. The van der Waals surface area contributed by atoms with Crippen LogP contribution in [0.25, 0.3) is 5.76 Å². The van der Waals surface area contributed by atoms with E-state index in [0.717, 1.165) is 24.0 Å². The van der Waals surface area contributed by atoms with Crippen molar-refractivity contribution in [3.8, 4) is 5.75 Å². The van der Waals surface area contributed by atoms with Gasteiger partial charge in [-0.05, 0) is 54.7 Å². The molecule has 0 spiro atoms. The Morgan fingerprint density at radius 2 is 1.84 bits per heavy atom. The van der Waals surface area contributed by atoms with E-state index in [1.807, 2.05) is 6.07 Å². The molecule has 4 aliphatic carbocycles. The van der Waals surface area contributed by atoms with Crippen molar-refractivity contribution in [2.75, 3.05) is 0 Å². The Morgan fingerprint density at radius 1 is 1.16 bits per heavy atom. The van der Waals surface area contributed by atoms with Crippen molar-refractivity contribution in [2.24, 2.45) is 29.4 Å². The molecular weight excluding hydrogens is 476 g/mol. The fraction of sp³-hybridized carbons (Fsp3) is 0.536. The Morgan fingerprint density at radius 3 is 2.46 bits per heavy atom. The highest BCUT2D eigenvalue weighted by Gasteiger charge is 2.64. The first kappa shape index (κ1) is 25.5. The number of aliphatic hydroxyl groups is 3. The summed E-state index contributed by atoms with van der Waals surface area (Å²) in [6.45, 7) is 4.04. The van der Waals surface area contributed by atoms with E-state index in [4.69, 9.17) is 5.73 Å². The van der Waals surface area contributed by atoms with Crippen LogP contribution < -0.4 is 11.1 Å². The Hall–Kier alpha value is -3.17. The van der Waals surface area contributed by atoms with Gasteiger partial charge in [0.05, 0.1) is 5.56 Å². The normalized spacial score (nSPS) is 30.0. The van der Waals surface area contributed by atoms with Crippen LogP contribution in [0.2, 0.25) is 0 Å². The summed E-state index contributed by atoms with van der Waals surface area (Å²) in [6, 6.07) is 3.70. The van der Waals surface area contributed by atoms with Crippen LogP contribution in [0.15, 0.2) is 29.0 Å². The van der Waals surface area contributed by atoms with Crippen molar-refractivity contribution < 1.29 is 34.8 Å². The molecule has 5 rings (SSSR count). The molecule has 37 heavy (non-hydrogen) atoms. The maximum atomic E-state index is 13.9. The van der Waals surface area contributed by atoms with Gasteiger partial charge in [-0.2, -0.15) is 0 Å². The predicted octanol–water partition coefficient (Wildman–Crippen LogP) is 2.34. The van der Waals surface area contributed by atoms with E-state index < -0.39 is 57.9 Å². The number of carbonyl (C=O) groups excluding carboxylic acids is 3. The molecule has 1 aromatic rings. The predicted molar refractivity (Wildman–Crippen MR) is 134 cm³/mol. The molecule has 0 aliphatic heterocycles. The summed E-state index contributed by atoms with van der Waals surface area (Å²) in [4.78, 5) is 39.2. The number of nitrogens with two attached hydrogens (primary N) is 1. The molecule has 0 bridgehead atoms. The molecular formula is C28H34N2O7. The minimum absolute atomic E-state index is 0.116. The van der Waals surface area contributed by atoms with Crippen LogP contribution in [0, 0.1) is 23.7 Å². The lowest BCUT2D eigenvalue weighted by Crippen LogP contribution is -2.62. The lowest BCUT2D eigenvalue weighted by atomic mass is 9.54. The van der Waals surface area contributed by atoms with E-state index in [1.165, 1.54) is 18.9 Å². The Kier molecular flexibility index (Phi) is 6.19. The van der Waals surface area contributed by atoms with Crippen molar-refractivity contribution >= 4 is 23.2 Å². The van der Waals surface area contributed by atoms with Crippen LogP contribution in [0.1, 0.15) is 62.6 Å². The van der Waals surface area contributed by atoms with Crippen molar-refractivity contribution in [3.63, 3.8) is 0 Å². The molecule has 198 valence electrons. The topological polar surface area (TPSA) is 170 Å². The summed E-state index contributed by atoms with van der Waals surface area (Å²) in [6.07, 6.45) is 5.00. The number of hydrogen-bond acceptors (Lipinski definition) is 8. The number of benzene rings is 1. The van der Waals surface area contributed by atoms with Gasteiger partial charge in [0.15, 0.2) is 11.4 Å². The Labute approximate surface area is 215 Å². The second-order valence-electron chi connectivity index (χ2n) is 11.3. The lowest BCUT2D eigenvalue weighted by Gasteiger charge is -2.50. The molecule has 2 fully saturated rings. The summed E-state index contributed by atoms with van der Waals surface area (Å²) in [5, 5.41) is 48.1. The van der Waals surface area contributed by atoms with Gasteiger partial charge in [0.2, 0.25) is 5.78 Å². The van der Waals surface area contributed by atoms with Gasteiger partial charge >= 0.3 is 0 Å². The highest BCUT2D eigenvalue weighted by Crippen LogP contribution is 2.54. The minimum Gasteiger partial charge on any atom is -0.508 e. The molecule has 1 aromatic carbocycles. The lowest BCUT2D eigenvalue weighted by molar-refractivity contribution is -0.155. The number of Topliss-reactive ketones (excluding diaryl/α,β-unsaturated/α-hetero) is 2. The summed E-state index contributed by atoms with van der Waals surface area (Å²) in [5.41, 5.74) is 3.65. The fourth-order valence-electron chi connectivity index (χ4n) is 7.10. The van der Waals surface area contributed by atoms with Gasteiger partial charge in [-0.1, -0.05) is 32.8 Å². The number of ketones is 2. The first-order valence-corrected chi connectivity index (χ1v) is 13.0. The zero-order valence-electron chi connectivity index (χ0n) is 21.1. The highest BCUT2D eigenvalue weighted by molar-refractivity contribution is 6.23. The largest absolute Gasteiger partial charge is 0.508 e. The van der Waals surface area contributed by atoms with Gasteiger partial charge in [0, 0.05) is 30.0 Å². The van der Waals surface area contributed by atoms with Gasteiger partial charge in [-0.3, -0.25) is 14.4 Å². The standard InChI is InChI=1S/C28H34N2O7/c1-12(2)19-17-10-14-9-16-13(11-30-15-5-3-4-6-15)7-8-18(31)21(16)24(33)20(14)25(34)28(17,37)26(35)22(23(19)32)27(29)36/h7-8,12,14-15,17,19,30-31,33,35,37H,3-6,9-11H2,1-2H3,(H2,29,36)/t14-,17-,19-,28-/m0/s1. The van der Waals surface area contributed by atoms with Gasteiger partial charge in [0.25, 0.3) is 5.91 Å². The van der Waals surface area contributed by atoms with Crippen LogP contribution >= 0.6 is 0 Å². The molecule has 2 saturated carbocycles. The molecule has 0 aromatic heterocycles. The van der Waals surface area contributed by atoms with Crippen molar-refractivity contribution in [2.45, 2.75) is 70.6 Å². The number of aliphatic hydroxyl groups excluding tert-OH is 2. The number of carbonyl (C=O) groups is 3. The monoisotopic (exact) mass is 510 g/mol. The first-order chi connectivity index (χ1) is 17.5. The quantitative estimate of drug-likeness (QED) is 0.328. The van der Waals surface area contributed by atoms with E-state index >= 15 is 0 Å². The Balaban J connectivity index is 1.62. The molecule has 9 heteroatoms. The van der Waals surface area contributed by atoms with Crippen LogP contribution in [0.4, 0.5) is 0 Å². The molecule has 4 aliphatic rings. The summed E-state index contributed by atoms with van der Waals surface area (Å²) < 4.78 is 0. The fourth-order valence-corrected chi connectivity index (χ4v) is 7.10. The molecule has 9 nitrogen and oxygen atoms in total.